The standard InChI is InChI=1S/C13H20N2O3S2/c1-4-5-8-14-20(17,18)11-6-7-13(19-3)12(9-11)15-10(2)16/h6-7,9,14H,4-5,8H2,1-3H3,(H,15,16). The van der Waals surface area contributed by atoms with E-state index < -0.39 is 10.0 Å². The lowest BCUT2D eigenvalue weighted by Gasteiger charge is -2.11. The Kier molecular flexibility index (Phi) is 6.51. The van der Waals surface area contributed by atoms with Gasteiger partial charge in [0.25, 0.3) is 0 Å². The molecule has 1 rings (SSSR count). The summed E-state index contributed by atoms with van der Waals surface area (Å²) in [4.78, 5) is 12.2. The van der Waals surface area contributed by atoms with Gasteiger partial charge in [0.15, 0.2) is 0 Å². The fraction of sp³-hybridized carbons (Fsp3) is 0.462. The molecule has 1 aromatic rings. The van der Waals surface area contributed by atoms with E-state index in [4.69, 9.17) is 0 Å². The van der Waals surface area contributed by atoms with Crippen LogP contribution in [0.15, 0.2) is 28.0 Å². The smallest absolute Gasteiger partial charge is 0.240 e. The van der Waals surface area contributed by atoms with E-state index in [1.165, 1.54) is 24.8 Å². The molecule has 0 aliphatic heterocycles. The first-order chi connectivity index (χ1) is 9.40. The lowest BCUT2D eigenvalue weighted by Crippen LogP contribution is -2.24. The SMILES string of the molecule is CCCCNS(=O)(=O)c1ccc(SC)c(NC(C)=O)c1. The Labute approximate surface area is 124 Å². The molecule has 0 aliphatic rings. The minimum atomic E-state index is -3.53. The number of anilines is 1. The van der Waals surface area contributed by atoms with E-state index in [9.17, 15) is 13.2 Å². The van der Waals surface area contributed by atoms with Crippen LogP contribution < -0.4 is 10.0 Å². The van der Waals surface area contributed by atoms with Gasteiger partial charge in [-0.3, -0.25) is 4.79 Å². The molecule has 7 heteroatoms. The fourth-order valence-electron chi connectivity index (χ4n) is 1.61. The van der Waals surface area contributed by atoms with Gasteiger partial charge in [-0.2, -0.15) is 0 Å². The quantitative estimate of drug-likeness (QED) is 0.598. The first-order valence-corrected chi connectivity index (χ1v) is 9.06. The summed E-state index contributed by atoms with van der Waals surface area (Å²) in [5.41, 5.74) is 0.517. The average molecular weight is 316 g/mol. The van der Waals surface area contributed by atoms with Crippen molar-refractivity contribution in [2.45, 2.75) is 36.5 Å². The Morgan fingerprint density at radius 1 is 1.35 bits per heavy atom. The summed E-state index contributed by atoms with van der Waals surface area (Å²) >= 11 is 1.45. The number of benzene rings is 1. The van der Waals surface area contributed by atoms with E-state index in [0.717, 1.165) is 17.7 Å². The molecule has 0 heterocycles. The Bertz CT molecular complexity index is 571. The summed E-state index contributed by atoms with van der Waals surface area (Å²) in [6.07, 6.45) is 3.58. The molecule has 0 fully saturated rings. The highest BCUT2D eigenvalue weighted by atomic mass is 32.2. The topological polar surface area (TPSA) is 75.3 Å². The Hall–Kier alpha value is -1.05. The maximum Gasteiger partial charge on any atom is 0.240 e. The first kappa shape index (κ1) is 17.0. The van der Waals surface area contributed by atoms with Gasteiger partial charge in [-0.15, -0.1) is 11.8 Å². The maximum atomic E-state index is 12.1. The molecule has 0 atom stereocenters. The predicted octanol–water partition coefficient (Wildman–Crippen LogP) is 2.45. The summed E-state index contributed by atoms with van der Waals surface area (Å²) < 4.78 is 26.8. The second-order valence-corrected chi connectivity index (χ2v) is 6.91. The zero-order valence-corrected chi connectivity index (χ0v) is 13.5. The Balaban J connectivity index is 3.04. The van der Waals surface area contributed by atoms with Crippen LogP contribution in [0.5, 0.6) is 0 Å². The third-order valence-corrected chi connectivity index (χ3v) is 4.87. The number of rotatable bonds is 7. The molecule has 0 aliphatic carbocycles. The number of sulfonamides is 1. The minimum absolute atomic E-state index is 0.162. The van der Waals surface area contributed by atoms with Crippen LogP contribution in [0.25, 0.3) is 0 Å². The maximum absolute atomic E-state index is 12.1. The lowest BCUT2D eigenvalue weighted by molar-refractivity contribution is -0.114. The zero-order valence-electron chi connectivity index (χ0n) is 11.9. The molecule has 0 aromatic heterocycles. The van der Waals surface area contributed by atoms with E-state index >= 15 is 0 Å². The second kappa shape index (κ2) is 7.66. The molecule has 1 amide bonds. The van der Waals surface area contributed by atoms with Gasteiger partial charge >= 0.3 is 0 Å². The molecule has 0 radical (unpaired) electrons. The van der Waals surface area contributed by atoms with Gasteiger partial charge in [0.2, 0.25) is 15.9 Å². The molecule has 0 unspecified atom stereocenters. The molecule has 20 heavy (non-hydrogen) atoms. The predicted molar refractivity (Wildman–Crippen MR) is 82.6 cm³/mol. The summed E-state index contributed by atoms with van der Waals surface area (Å²) in [6, 6.07) is 4.73. The van der Waals surface area contributed by atoms with Crippen LogP contribution in [0.4, 0.5) is 5.69 Å². The fourth-order valence-corrected chi connectivity index (χ4v) is 3.24. The zero-order chi connectivity index (χ0) is 15.2. The molecule has 1 aromatic carbocycles. The normalized spacial score (nSPS) is 11.3. The van der Waals surface area contributed by atoms with Crippen molar-refractivity contribution >= 4 is 33.4 Å². The van der Waals surface area contributed by atoms with Crippen LogP contribution in [0.3, 0.4) is 0 Å². The summed E-state index contributed by atoms with van der Waals surface area (Å²) in [5.74, 6) is -0.228. The first-order valence-electron chi connectivity index (χ1n) is 6.36. The summed E-state index contributed by atoms with van der Waals surface area (Å²) in [7, 11) is -3.53. The third-order valence-electron chi connectivity index (χ3n) is 2.61. The van der Waals surface area contributed by atoms with E-state index in [-0.39, 0.29) is 10.8 Å². The van der Waals surface area contributed by atoms with Gasteiger partial charge in [0.1, 0.15) is 0 Å². The number of carbonyl (C=O) groups excluding carboxylic acids is 1. The molecule has 0 spiro atoms. The van der Waals surface area contributed by atoms with Crippen molar-refractivity contribution in [2.24, 2.45) is 0 Å². The number of unbranched alkanes of at least 4 members (excludes halogenated alkanes) is 1. The third kappa shape index (κ3) is 4.81. The van der Waals surface area contributed by atoms with Gasteiger partial charge < -0.3 is 5.32 Å². The summed E-state index contributed by atoms with van der Waals surface area (Å²) in [6.45, 7) is 3.81. The molecular formula is C13H20N2O3S2. The van der Waals surface area contributed by atoms with Gasteiger partial charge in [-0.25, -0.2) is 13.1 Å². The van der Waals surface area contributed by atoms with Crippen LogP contribution in [0.2, 0.25) is 0 Å². The number of hydrogen-bond donors (Lipinski definition) is 2. The monoisotopic (exact) mass is 316 g/mol. The number of hydrogen-bond acceptors (Lipinski definition) is 4. The van der Waals surface area contributed by atoms with Gasteiger partial charge in [-0.05, 0) is 30.9 Å². The van der Waals surface area contributed by atoms with Crippen molar-refractivity contribution in [3.05, 3.63) is 18.2 Å². The van der Waals surface area contributed by atoms with Crippen molar-refractivity contribution < 1.29 is 13.2 Å². The van der Waals surface area contributed by atoms with Gasteiger partial charge in [0, 0.05) is 18.4 Å². The lowest BCUT2D eigenvalue weighted by atomic mass is 10.3. The molecule has 0 bridgehead atoms. The molecule has 2 N–H and O–H groups in total. The largest absolute Gasteiger partial charge is 0.325 e. The molecule has 0 saturated heterocycles. The van der Waals surface area contributed by atoms with Crippen LogP contribution in [0, 0.1) is 0 Å². The number of amides is 1. The highest BCUT2D eigenvalue weighted by Gasteiger charge is 2.15. The summed E-state index contributed by atoms with van der Waals surface area (Å²) in [5, 5.41) is 2.65. The number of nitrogens with one attached hydrogen (secondary N) is 2. The van der Waals surface area contributed by atoms with Crippen molar-refractivity contribution in [1.29, 1.82) is 0 Å². The van der Waals surface area contributed by atoms with Crippen molar-refractivity contribution in [3.63, 3.8) is 0 Å². The van der Waals surface area contributed by atoms with E-state index in [0.29, 0.717) is 12.2 Å². The van der Waals surface area contributed by atoms with E-state index in [1.54, 1.807) is 12.1 Å². The van der Waals surface area contributed by atoms with Crippen LogP contribution in [0.1, 0.15) is 26.7 Å². The van der Waals surface area contributed by atoms with Crippen molar-refractivity contribution in [3.8, 4) is 0 Å². The number of carbonyl (C=O) groups is 1. The van der Waals surface area contributed by atoms with E-state index in [2.05, 4.69) is 10.0 Å². The number of thioether (sulfide) groups is 1. The molecule has 112 valence electrons. The van der Waals surface area contributed by atoms with E-state index in [1.807, 2.05) is 13.2 Å². The highest BCUT2D eigenvalue weighted by molar-refractivity contribution is 7.98. The average Bonchev–Trinajstić information content (AvgIpc) is 2.38. The molecule has 0 saturated carbocycles. The van der Waals surface area contributed by atoms with Gasteiger partial charge in [0.05, 0.1) is 10.6 Å². The molecular weight excluding hydrogens is 296 g/mol. The Morgan fingerprint density at radius 3 is 2.60 bits per heavy atom. The van der Waals surface area contributed by atoms with Crippen molar-refractivity contribution in [2.75, 3.05) is 18.1 Å². The van der Waals surface area contributed by atoms with Crippen LogP contribution >= 0.6 is 11.8 Å². The highest BCUT2D eigenvalue weighted by Crippen LogP contribution is 2.28. The van der Waals surface area contributed by atoms with Gasteiger partial charge in [-0.1, -0.05) is 13.3 Å². The molecule has 5 nitrogen and oxygen atoms in total. The second-order valence-electron chi connectivity index (χ2n) is 4.29. The van der Waals surface area contributed by atoms with Crippen molar-refractivity contribution in [1.82, 2.24) is 4.72 Å². The van der Waals surface area contributed by atoms with Crippen LogP contribution in [-0.4, -0.2) is 27.1 Å². The Morgan fingerprint density at radius 2 is 2.05 bits per heavy atom. The van der Waals surface area contributed by atoms with Crippen LogP contribution in [-0.2, 0) is 14.8 Å². The minimum Gasteiger partial charge on any atom is -0.325 e.